The summed E-state index contributed by atoms with van der Waals surface area (Å²) in [6, 6.07) is 15.8. The zero-order valence-corrected chi connectivity index (χ0v) is 12.3. The maximum Gasteiger partial charge on any atom is 0.122 e. The first-order chi connectivity index (χ1) is 9.65. The Morgan fingerprint density at radius 3 is 2.65 bits per heavy atom. The number of ether oxygens (including phenoxy) is 1. The van der Waals surface area contributed by atoms with Crippen LogP contribution in [0.2, 0.25) is 5.02 Å². The summed E-state index contributed by atoms with van der Waals surface area (Å²) in [5.41, 5.74) is 3.04. The highest BCUT2D eigenvalue weighted by Crippen LogP contribution is 2.30. The van der Waals surface area contributed by atoms with Crippen LogP contribution >= 0.6 is 11.6 Å². The second-order valence-corrected chi connectivity index (χ2v) is 5.13. The van der Waals surface area contributed by atoms with Gasteiger partial charge in [0.15, 0.2) is 0 Å². The van der Waals surface area contributed by atoms with Crippen molar-refractivity contribution in [3.05, 3.63) is 64.2 Å². The van der Waals surface area contributed by atoms with Gasteiger partial charge in [0.05, 0.1) is 19.1 Å². The molecule has 0 bridgehead atoms. The topological polar surface area (TPSA) is 33.0 Å². The first-order valence-corrected chi connectivity index (χ1v) is 6.81. The summed E-state index contributed by atoms with van der Waals surface area (Å²) in [7, 11) is 1.64. The van der Waals surface area contributed by atoms with E-state index < -0.39 is 0 Å². The molecule has 2 rings (SSSR count). The van der Waals surface area contributed by atoms with Crippen LogP contribution in [0.3, 0.4) is 0 Å². The van der Waals surface area contributed by atoms with Crippen molar-refractivity contribution in [3.8, 4) is 11.8 Å². The van der Waals surface area contributed by atoms with Crippen LogP contribution in [0.4, 0.5) is 0 Å². The van der Waals surface area contributed by atoms with Crippen LogP contribution in [0.5, 0.6) is 5.75 Å². The highest BCUT2D eigenvalue weighted by atomic mass is 35.5. The minimum Gasteiger partial charge on any atom is -0.496 e. The standard InChI is InChI=1S/C17H16ClNO/c1-12-7-8-17(20-2)13(9-12)10-14(11-19)15-5-3-4-6-16(15)18/h3-9,14H,10H2,1-2H3. The van der Waals surface area contributed by atoms with Crippen LogP contribution < -0.4 is 4.74 Å². The Kier molecular flexibility index (Phi) is 4.65. The molecule has 0 aliphatic heterocycles. The number of aryl methyl sites for hydroxylation is 1. The molecule has 0 spiro atoms. The summed E-state index contributed by atoms with van der Waals surface area (Å²) < 4.78 is 5.37. The summed E-state index contributed by atoms with van der Waals surface area (Å²) >= 11 is 6.19. The van der Waals surface area contributed by atoms with Gasteiger partial charge in [0.25, 0.3) is 0 Å². The Labute approximate surface area is 124 Å². The molecule has 0 N–H and O–H groups in total. The Bertz CT molecular complexity index is 646. The third-order valence-electron chi connectivity index (χ3n) is 3.30. The Hall–Kier alpha value is -1.98. The average molecular weight is 286 g/mol. The SMILES string of the molecule is COc1ccc(C)cc1CC(C#N)c1ccccc1Cl. The second-order valence-electron chi connectivity index (χ2n) is 4.72. The lowest BCUT2D eigenvalue weighted by Crippen LogP contribution is -2.03. The molecule has 0 radical (unpaired) electrons. The van der Waals surface area contributed by atoms with E-state index in [0.29, 0.717) is 11.4 Å². The Balaban J connectivity index is 2.35. The molecule has 0 amide bonds. The molecule has 2 nitrogen and oxygen atoms in total. The lowest BCUT2D eigenvalue weighted by molar-refractivity contribution is 0.409. The van der Waals surface area contributed by atoms with Gasteiger partial charge in [-0.05, 0) is 36.6 Å². The quantitative estimate of drug-likeness (QED) is 0.828. The van der Waals surface area contributed by atoms with Crippen molar-refractivity contribution in [1.29, 1.82) is 5.26 Å². The predicted molar refractivity (Wildman–Crippen MR) is 81.2 cm³/mol. The highest BCUT2D eigenvalue weighted by molar-refractivity contribution is 6.31. The Morgan fingerprint density at radius 2 is 2.00 bits per heavy atom. The van der Waals surface area contributed by atoms with E-state index in [1.54, 1.807) is 7.11 Å². The number of methoxy groups -OCH3 is 1. The molecule has 0 aliphatic carbocycles. The summed E-state index contributed by atoms with van der Waals surface area (Å²) in [6.07, 6.45) is 0.588. The fraction of sp³-hybridized carbons (Fsp3) is 0.235. The van der Waals surface area contributed by atoms with Crippen molar-refractivity contribution in [2.75, 3.05) is 7.11 Å². The van der Waals surface area contributed by atoms with Gasteiger partial charge in [-0.15, -0.1) is 0 Å². The van der Waals surface area contributed by atoms with Gasteiger partial charge in [-0.1, -0.05) is 47.5 Å². The molecule has 0 saturated heterocycles. The number of rotatable bonds is 4. The van der Waals surface area contributed by atoms with Gasteiger partial charge in [0.1, 0.15) is 5.75 Å². The molecule has 0 saturated carbocycles. The van der Waals surface area contributed by atoms with Crippen LogP contribution in [-0.4, -0.2) is 7.11 Å². The van der Waals surface area contributed by atoms with Crippen molar-refractivity contribution >= 4 is 11.6 Å². The maximum atomic E-state index is 9.45. The molecule has 102 valence electrons. The molecular weight excluding hydrogens is 270 g/mol. The van der Waals surface area contributed by atoms with E-state index >= 15 is 0 Å². The van der Waals surface area contributed by atoms with E-state index in [9.17, 15) is 5.26 Å². The van der Waals surface area contributed by atoms with Gasteiger partial charge in [-0.25, -0.2) is 0 Å². The third kappa shape index (κ3) is 3.12. The van der Waals surface area contributed by atoms with E-state index in [-0.39, 0.29) is 5.92 Å². The van der Waals surface area contributed by atoms with Crippen molar-refractivity contribution < 1.29 is 4.74 Å². The van der Waals surface area contributed by atoms with Gasteiger partial charge in [-0.2, -0.15) is 5.26 Å². The van der Waals surface area contributed by atoms with Crippen LogP contribution in [-0.2, 0) is 6.42 Å². The Morgan fingerprint density at radius 1 is 1.25 bits per heavy atom. The maximum absolute atomic E-state index is 9.45. The summed E-state index contributed by atoms with van der Waals surface area (Å²) in [5, 5.41) is 10.1. The molecule has 0 heterocycles. The molecule has 1 unspecified atom stereocenters. The van der Waals surface area contributed by atoms with Crippen LogP contribution in [0.25, 0.3) is 0 Å². The average Bonchev–Trinajstić information content (AvgIpc) is 2.46. The number of nitriles is 1. The van der Waals surface area contributed by atoms with E-state index in [0.717, 1.165) is 22.4 Å². The molecular formula is C17H16ClNO. The normalized spacial score (nSPS) is 11.7. The van der Waals surface area contributed by atoms with E-state index in [2.05, 4.69) is 12.1 Å². The van der Waals surface area contributed by atoms with Gasteiger partial charge < -0.3 is 4.74 Å². The number of hydrogen-bond donors (Lipinski definition) is 0. The monoisotopic (exact) mass is 285 g/mol. The zero-order chi connectivity index (χ0) is 14.5. The van der Waals surface area contributed by atoms with E-state index in [1.165, 1.54) is 0 Å². The predicted octanol–water partition coefficient (Wildman–Crippen LogP) is 4.51. The number of hydrogen-bond acceptors (Lipinski definition) is 2. The number of halogens is 1. The first-order valence-electron chi connectivity index (χ1n) is 6.43. The summed E-state index contributed by atoms with van der Waals surface area (Å²) in [6.45, 7) is 2.03. The fourth-order valence-corrected chi connectivity index (χ4v) is 2.54. The van der Waals surface area contributed by atoms with Crippen molar-refractivity contribution in [1.82, 2.24) is 0 Å². The van der Waals surface area contributed by atoms with Gasteiger partial charge in [0, 0.05) is 5.02 Å². The first kappa shape index (κ1) is 14.4. The van der Waals surface area contributed by atoms with Crippen molar-refractivity contribution in [2.45, 2.75) is 19.3 Å². The lowest BCUT2D eigenvalue weighted by Gasteiger charge is -2.14. The van der Waals surface area contributed by atoms with Crippen molar-refractivity contribution in [2.24, 2.45) is 0 Å². The van der Waals surface area contributed by atoms with Crippen LogP contribution in [0.1, 0.15) is 22.6 Å². The molecule has 2 aromatic carbocycles. The molecule has 0 fully saturated rings. The number of benzene rings is 2. The third-order valence-corrected chi connectivity index (χ3v) is 3.64. The molecule has 3 heteroatoms. The van der Waals surface area contributed by atoms with Gasteiger partial charge in [0.2, 0.25) is 0 Å². The molecule has 1 atom stereocenters. The lowest BCUT2D eigenvalue weighted by atomic mass is 9.92. The second kappa shape index (κ2) is 6.45. The van der Waals surface area contributed by atoms with Gasteiger partial charge in [-0.3, -0.25) is 0 Å². The molecule has 20 heavy (non-hydrogen) atoms. The van der Waals surface area contributed by atoms with Crippen molar-refractivity contribution in [3.63, 3.8) is 0 Å². The summed E-state index contributed by atoms with van der Waals surface area (Å²) in [5.74, 6) is 0.530. The van der Waals surface area contributed by atoms with E-state index in [1.807, 2.05) is 43.3 Å². The molecule has 0 aliphatic rings. The highest BCUT2D eigenvalue weighted by Gasteiger charge is 2.16. The minimum absolute atomic E-state index is 0.278. The van der Waals surface area contributed by atoms with Crippen LogP contribution in [0, 0.1) is 18.3 Å². The minimum atomic E-state index is -0.278. The largest absolute Gasteiger partial charge is 0.496 e. The number of nitrogens with zero attached hydrogens (tertiary/aromatic N) is 1. The zero-order valence-electron chi connectivity index (χ0n) is 11.6. The smallest absolute Gasteiger partial charge is 0.122 e. The van der Waals surface area contributed by atoms with Crippen LogP contribution in [0.15, 0.2) is 42.5 Å². The summed E-state index contributed by atoms with van der Waals surface area (Å²) in [4.78, 5) is 0. The van der Waals surface area contributed by atoms with Gasteiger partial charge >= 0.3 is 0 Å². The fourth-order valence-electron chi connectivity index (χ4n) is 2.27. The molecule has 2 aromatic rings. The molecule has 0 aromatic heterocycles. The van der Waals surface area contributed by atoms with E-state index in [4.69, 9.17) is 16.3 Å².